The van der Waals surface area contributed by atoms with Crippen LogP contribution in [0.4, 0.5) is 0 Å². The van der Waals surface area contributed by atoms with Gasteiger partial charge in [0, 0.05) is 17.8 Å². The van der Waals surface area contributed by atoms with E-state index in [0.29, 0.717) is 18.1 Å². The summed E-state index contributed by atoms with van der Waals surface area (Å²) in [5.41, 5.74) is 1.28. The van der Waals surface area contributed by atoms with Gasteiger partial charge in [-0.05, 0) is 24.0 Å². The van der Waals surface area contributed by atoms with E-state index in [1.807, 2.05) is 30.3 Å². The van der Waals surface area contributed by atoms with E-state index in [1.54, 1.807) is 6.07 Å². The standard InChI is InChI=1S/C16H19ClN2O/c1-16(2,9-10-17)11-18-15(20)14-8-7-12-5-3-4-6-13(12)19-14/h3-8H,9-11H2,1-2H3,(H,18,20). The van der Waals surface area contributed by atoms with E-state index in [-0.39, 0.29) is 11.3 Å². The summed E-state index contributed by atoms with van der Waals surface area (Å²) in [5.74, 6) is 0.454. The molecule has 3 nitrogen and oxygen atoms in total. The van der Waals surface area contributed by atoms with Crippen LogP contribution in [0.2, 0.25) is 0 Å². The lowest BCUT2D eigenvalue weighted by Crippen LogP contribution is -2.34. The van der Waals surface area contributed by atoms with Crippen LogP contribution in [0.25, 0.3) is 10.9 Å². The highest BCUT2D eigenvalue weighted by Crippen LogP contribution is 2.19. The summed E-state index contributed by atoms with van der Waals surface area (Å²) in [6, 6.07) is 11.4. The molecule has 106 valence electrons. The van der Waals surface area contributed by atoms with Crippen LogP contribution < -0.4 is 5.32 Å². The third kappa shape index (κ3) is 3.70. The number of pyridine rings is 1. The molecule has 0 aliphatic heterocycles. The molecule has 0 fully saturated rings. The van der Waals surface area contributed by atoms with Crippen LogP contribution in [0, 0.1) is 5.41 Å². The second-order valence-electron chi connectivity index (χ2n) is 5.68. The Kier molecular flexibility index (Phi) is 4.61. The van der Waals surface area contributed by atoms with E-state index in [9.17, 15) is 4.79 Å². The average molecular weight is 291 g/mol. The van der Waals surface area contributed by atoms with Gasteiger partial charge in [-0.15, -0.1) is 11.6 Å². The van der Waals surface area contributed by atoms with Crippen molar-refractivity contribution in [2.75, 3.05) is 12.4 Å². The van der Waals surface area contributed by atoms with Crippen LogP contribution in [0.15, 0.2) is 36.4 Å². The molecular weight excluding hydrogens is 272 g/mol. The summed E-state index contributed by atoms with van der Waals surface area (Å²) < 4.78 is 0. The summed E-state index contributed by atoms with van der Waals surface area (Å²) >= 11 is 5.76. The highest BCUT2D eigenvalue weighted by atomic mass is 35.5. The highest BCUT2D eigenvalue weighted by Gasteiger charge is 2.19. The Morgan fingerprint density at radius 1 is 1.25 bits per heavy atom. The van der Waals surface area contributed by atoms with Crippen molar-refractivity contribution in [3.63, 3.8) is 0 Å². The third-order valence-corrected chi connectivity index (χ3v) is 3.52. The SMILES string of the molecule is CC(C)(CCCl)CNC(=O)c1ccc2ccccc2n1. The van der Waals surface area contributed by atoms with Crippen molar-refractivity contribution < 1.29 is 4.79 Å². The first-order chi connectivity index (χ1) is 9.52. The molecular formula is C16H19ClN2O. The van der Waals surface area contributed by atoms with E-state index in [2.05, 4.69) is 24.1 Å². The minimum absolute atomic E-state index is 0.00570. The van der Waals surface area contributed by atoms with Crippen molar-refractivity contribution in [1.29, 1.82) is 0 Å². The monoisotopic (exact) mass is 290 g/mol. The van der Waals surface area contributed by atoms with E-state index in [0.717, 1.165) is 17.3 Å². The number of nitrogens with zero attached hydrogens (tertiary/aromatic N) is 1. The quantitative estimate of drug-likeness (QED) is 0.855. The molecule has 1 amide bonds. The smallest absolute Gasteiger partial charge is 0.269 e. The Morgan fingerprint density at radius 3 is 2.75 bits per heavy atom. The second kappa shape index (κ2) is 6.23. The number of fused-ring (bicyclic) bond motifs is 1. The topological polar surface area (TPSA) is 42.0 Å². The minimum Gasteiger partial charge on any atom is -0.350 e. The van der Waals surface area contributed by atoms with Gasteiger partial charge in [0.05, 0.1) is 5.52 Å². The third-order valence-electron chi connectivity index (χ3n) is 3.33. The van der Waals surface area contributed by atoms with Gasteiger partial charge < -0.3 is 5.32 Å². The molecule has 0 saturated carbocycles. The van der Waals surface area contributed by atoms with E-state index < -0.39 is 0 Å². The molecule has 2 aromatic rings. The normalized spacial score (nSPS) is 11.6. The predicted octanol–water partition coefficient (Wildman–Crippen LogP) is 3.62. The van der Waals surface area contributed by atoms with Crippen molar-refractivity contribution in [3.8, 4) is 0 Å². The number of benzene rings is 1. The fourth-order valence-electron chi connectivity index (χ4n) is 1.95. The van der Waals surface area contributed by atoms with E-state index in [4.69, 9.17) is 11.6 Å². The van der Waals surface area contributed by atoms with Crippen LogP contribution in [0.5, 0.6) is 0 Å². The molecule has 1 aromatic carbocycles. The minimum atomic E-state index is -0.140. The fraction of sp³-hybridized carbons (Fsp3) is 0.375. The second-order valence-corrected chi connectivity index (χ2v) is 6.05. The molecule has 0 spiro atoms. The lowest BCUT2D eigenvalue weighted by Gasteiger charge is -2.23. The summed E-state index contributed by atoms with van der Waals surface area (Å²) in [6.45, 7) is 4.76. The maximum absolute atomic E-state index is 12.1. The number of rotatable bonds is 5. The maximum Gasteiger partial charge on any atom is 0.269 e. The van der Waals surface area contributed by atoms with Crippen molar-refractivity contribution in [3.05, 3.63) is 42.1 Å². The van der Waals surface area contributed by atoms with Crippen LogP contribution >= 0.6 is 11.6 Å². The Balaban J connectivity index is 2.08. The van der Waals surface area contributed by atoms with Gasteiger partial charge in [0.1, 0.15) is 5.69 Å². The maximum atomic E-state index is 12.1. The highest BCUT2D eigenvalue weighted by molar-refractivity contribution is 6.17. The molecule has 1 N–H and O–H groups in total. The molecule has 0 aliphatic carbocycles. The van der Waals surface area contributed by atoms with Crippen molar-refractivity contribution in [2.24, 2.45) is 5.41 Å². The van der Waals surface area contributed by atoms with E-state index in [1.165, 1.54) is 0 Å². The number of hydrogen-bond acceptors (Lipinski definition) is 2. The zero-order valence-electron chi connectivity index (χ0n) is 11.8. The first-order valence-corrected chi connectivity index (χ1v) is 7.25. The van der Waals surface area contributed by atoms with Gasteiger partial charge in [-0.2, -0.15) is 0 Å². The number of para-hydroxylation sites is 1. The van der Waals surface area contributed by atoms with E-state index >= 15 is 0 Å². The molecule has 0 unspecified atom stereocenters. The zero-order valence-corrected chi connectivity index (χ0v) is 12.6. The fourth-order valence-corrected chi connectivity index (χ4v) is 2.46. The van der Waals surface area contributed by atoms with Crippen molar-refractivity contribution in [2.45, 2.75) is 20.3 Å². The summed E-state index contributed by atoms with van der Waals surface area (Å²) in [7, 11) is 0. The van der Waals surface area contributed by atoms with Gasteiger partial charge in [0.25, 0.3) is 5.91 Å². The largest absolute Gasteiger partial charge is 0.350 e. The van der Waals surface area contributed by atoms with Crippen LogP contribution in [-0.2, 0) is 0 Å². The number of halogens is 1. The molecule has 0 aliphatic rings. The number of aromatic nitrogens is 1. The van der Waals surface area contributed by atoms with Gasteiger partial charge in [-0.25, -0.2) is 4.98 Å². The summed E-state index contributed by atoms with van der Waals surface area (Å²) in [4.78, 5) is 16.5. The first-order valence-electron chi connectivity index (χ1n) is 6.72. The summed E-state index contributed by atoms with van der Waals surface area (Å²) in [5, 5.41) is 3.96. The van der Waals surface area contributed by atoms with Gasteiger partial charge >= 0.3 is 0 Å². The number of alkyl halides is 1. The molecule has 20 heavy (non-hydrogen) atoms. The predicted molar refractivity (Wildman–Crippen MR) is 83.2 cm³/mol. The van der Waals surface area contributed by atoms with Crippen LogP contribution in [-0.4, -0.2) is 23.3 Å². The molecule has 0 atom stereocenters. The molecule has 1 aromatic heterocycles. The first kappa shape index (κ1) is 14.8. The number of amides is 1. The lowest BCUT2D eigenvalue weighted by atomic mass is 9.90. The van der Waals surface area contributed by atoms with Crippen molar-refractivity contribution >= 4 is 28.4 Å². The Morgan fingerprint density at radius 2 is 2.00 bits per heavy atom. The van der Waals surface area contributed by atoms with Crippen molar-refractivity contribution in [1.82, 2.24) is 10.3 Å². The molecule has 1 heterocycles. The Bertz CT molecular complexity index is 610. The van der Waals surface area contributed by atoms with Gasteiger partial charge in [-0.1, -0.05) is 38.1 Å². The number of hydrogen-bond donors (Lipinski definition) is 1. The van der Waals surface area contributed by atoms with Gasteiger partial charge in [0.2, 0.25) is 0 Å². The zero-order chi connectivity index (χ0) is 14.6. The number of nitrogens with one attached hydrogen (secondary N) is 1. The van der Waals surface area contributed by atoms with Crippen LogP contribution in [0.1, 0.15) is 30.8 Å². The molecule has 2 rings (SSSR count). The molecule has 4 heteroatoms. The Hall–Kier alpha value is -1.61. The van der Waals surface area contributed by atoms with Gasteiger partial charge in [0.15, 0.2) is 0 Å². The van der Waals surface area contributed by atoms with Crippen LogP contribution in [0.3, 0.4) is 0 Å². The molecule has 0 saturated heterocycles. The average Bonchev–Trinajstić information content (AvgIpc) is 2.44. The lowest BCUT2D eigenvalue weighted by molar-refractivity contribution is 0.0931. The number of carbonyl (C=O) groups is 1. The summed E-state index contributed by atoms with van der Waals surface area (Å²) in [6.07, 6.45) is 0.861. The number of carbonyl (C=O) groups excluding carboxylic acids is 1. The van der Waals surface area contributed by atoms with Gasteiger partial charge in [-0.3, -0.25) is 4.79 Å². The molecule has 0 radical (unpaired) electrons. The molecule has 0 bridgehead atoms. The Labute approximate surface area is 124 Å².